The Morgan fingerprint density at radius 2 is 2.31 bits per heavy atom. The van der Waals surface area contributed by atoms with Gasteiger partial charge in [-0.15, -0.1) is 0 Å². The molecule has 1 aliphatic rings. The minimum absolute atomic E-state index is 0.0257. The minimum atomic E-state index is -0.0257. The van der Waals surface area contributed by atoms with Crippen LogP contribution in [0.2, 0.25) is 0 Å². The Morgan fingerprint density at radius 3 is 2.92 bits per heavy atom. The number of thioether (sulfide) groups is 1. The monoisotopic (exact) mass is 203 g/mol. The lowest BCUT2D eigenvalue weighted by molar-refractivity contribution is 0.275. The Kier molecular flexibility index (Phi) is 5.14. The summed E-state index contributed by atoms with van der Waals surface area (Å²) in [5.41, 5.74) is 5.65. The molecule has 0 bridgehead atoms. The summed E-state index contributed by atoms with van der Waals surface area (Å²) in [5.74, 6) is 1.80. The Hall–Kier alpha value is 0.270. The van der Waals surface area contributed by atoms with Gasteiger partial charge >= 0.3 is 0 Å². The van der Waals surface area contributed by atoms with Crippen LogP contribution in [0, 0.1) is 5.92 Å². The van der Waals surface area contributed by atoms with Crippen molar-refractivity contribution < 1.29 is 5.11 Å². The predicted molar refractivity (Wildman–Crippen MR) is 58.9 cm³/mol. The number of hydrogen-bond acceptors (Lipinski definition) is 3. The molecule has 0 aromatic carbocycles. The third-order valence-electron chi connectivity index (χ3n) is 2.67. The molecule has 78 valence electrons. The van der Waals surface area contributed by atoms with Crippen molar-refractivity contribution in [1.29, 1.82) is 0 Å². The molecule has 1 aliphatic carbocycles. The van der Waals surface area contributed by atoms with Crippen molar-refractivity contribution in [3.8, 4) is 0 Å². The maximum atomic E-state index is 8.78. The predicted octanol–water partition coefficient (Wildman–Crippen LogP) is 1.62. The molecular weight excluding hydrogens is 182 g/mol. The second kappa shape index (κ2) is 5.89. The first-order chi connectivity index (χ1) is 6.22. The van der Waals surface area contributed by atoms with E-state index in [4.69, 9.17) is 10.8 Å². The summed E-state index contributed by atoms with van der Waals surface area (Å²) >= 11 is 1.95. The Balaban J connectivity index is 2.13. The minimum Gasteiger partial charge on any atom is -0.395 e. The molecule has 0 aromatic rings. The standard InChI is InChI=1S/C10H21NOS/c1-8-3-2-4-10(5-8)13-7-9(11)6-12/h8-10,12H,2-7,11H2,1H3. The van der Waals surface area contributed by atoms with E-state index in [1.807, 2.05) is 11.8 Å². The lowest BCUT2D eigenvalue weighted by atomic mass is 9.91. The average molecular weight is 203 g/mol. The van der Waals surface area contributed by atoms with Crippen LogP contribution in [0.5, 0.6) is 0 Å². The number of aliphatic hydroxyl groups excluding tert-OH is 1. The van der Waals surface area contributed by atoms with E-state index in [1.54, 1.807) is 0 Å². The first kappa shape index (κ1) is 11.3. The molecule has 3 atom stereocenters. The highest BCUT2D eigenvalue weighted by molar-refractivity contribution is 7.99. The van der Waals surface area contributed by atoms with E-state index in [0.29, 0.717) is 0 Å². The number of aliphatic hydroxyl groups is 1. The van der Waals surface area contributed by atoms with Crippen molar-refractivity contribution >= 4 is 11.8 Å². The second-order valence-electron chi connectivity index (χ2n) is 4.17. The van der Waals surface area contributed by atoms with Gasteiger partial charge in [-0.05, 0) is 18.8 Å². The van der Waals surface area contributed by atoms with Crippen LogP contribution in [0.25, 0.3) is 0 Å². The van der Waals surface area contributed by atoms with Gasteiger partial charge in [-0.3, -0.25) is 0 Å². The van der Waals surface area contributed by atoms with E-state index in [2.05, 4.69) is 6.92 Å². The number of rotatable bonds is 4. The fraction of sp³-hybridized carbons (Fsp3) is 1.00. The summed E-state index contributed by atoms with van der Waals surface area (Å²) in [5, 5.41) is 9.57. The van der Waals surface area contributed by atoms with E-state index in [-0.39, 0.29) is 12.6 Å². The van der Waals surface area contributed by atoms with Crippen LogP contribution in [0.4, 0.5) is 0 Å². The molecule has 0 saturated heterocycles. The van der Waals surface area contributed by atoms with Crippen LogP contribution in [-0.4, -0.2) is 28.8 Å². The van der Waals surface area contributed by atoms with Crippen LogP contribution < -0.4 is 5.73 Å². The lowest BCUT2D eigenvalue weighted by Gasteiger charge is -2.26. The van der Waals surface area contributed by atoms with Gasteiger partial charge in [0.05, 0.1) is 6.61 Å². The van der Waals surface area contributed by atoms with Gasteiger partial charge in [0.15, 0.2) is 0 Å². The van der Waals surface area contributed by atoms with Crippen molar-refractivity contribution in [3.05, 3.63) is 0 Å². The highest BCUT2D eigenvalue weighted by Crippen LogP contribution is 2.31. The van der Waals surface area contributed by atoms with Gasteiger partial charge in [-0.2, -0.15) is 11.8 Å². The van der Waals surface area contributed by atoms with Crippen LogP contribution in [0.1, 0.15) is 32.6 Å². The van der Waals surface area contributed by atoms with Gasteiger partial charge in [-0.1, -0.05) is 19.8 Å². The summed E-state index contributed by atoms with van der Waals surface area (Å²) in [4.78, 5) is 0. The number of nitrogens with two attached hydrogens (primary N) is 1. The Labute approximate surface area is 85.3 Å². The Morgan fingerprint density at radius 1 is 1.54 bits per heavy atom. The van der Waals surface area contributed by atoms with E-state index in [1.165, 1.54) is 25.7 Å². The van der Waals surface area contributed by atoms with Crippen LogP contribution in [0.3, 0.4) is 0 Å². The second-order valence-corrected chi connectivity index (χ2v) is 5.50. The first-order valence-electron chi connectivity index (χ1n) is 5.20. The normalized spacial score (nSPS) is 31.6. The van der Waals surface area contributed by atoms with E-state index >= 15 is 0 Å². The zero-order valence-corrected chi connectivity index (χ0v) is 9.22. The third kappa shape index (κ3) is 4.34. The molecule has 0 radical (unpaired) electrons. The van der Waals surface area contributed by atoms with Crippen LogP contribution in [-0.2, 0) is 0 Å². The van der Waals surface area contributed by atoms with Gasteiger partial charge in [0.1, 0.15) is 0 Å². The number of hydrogen-bond donors (Lipinski definition) is 2. The zero-order valence-electron chi connectivity index (χ0n) is 8.41. The highest BCUT2D eigenvalue weighted by atomic mass is 32.2. The van der Waals surface area contributed by atoms with E-state index in [0.717, 1.165) is 16.9 Å². The topological polar surface area (TPSA) is 46.2 Å². The smallest absolute Gasteiger partial charge is 0.0590 e. The lowest BCUT2D eigenvalue weighted by Crippen LogP contribution is -2.28. The van der Waals surface area contributed by atoms with Gasteiger partial charge in [0.25, 0.3) is 0 Å². The molecule has 3 N–H and O–H groups in total. The molecule has 0 aliphatic heterocycles. The summed E-state index contributed by atoms with van der Waals surface area (Å²) in [6, 6.07) is -0.0257. The van der Waals surface area contributed by atoms with Crippen molar-refractivity contribution in [3.63, 3.8) is 0 Å². The van der Waals surface area contributed by atoms with Gasteiger partial charge in [-0.25, -0.2) is 0 Å². The maximum Gasteiger partial charge on any atom is 0.0590 e. The van der Waals surface area contributed by atoms with Gasteiger partial charge in [0, 0.05) is 17.0 Å². The molecule has 0 heterocycles. The zero-order chi connectivity index (χ0) is 9.68. The van der Waals surface area contributed by atoms with Crippen molar-refractivity contribution in [2.45, 2.75) is 43.9 Å². The fourth-order valence-electron chi connectivity index (χ4n) is 1.84. The van der Waals surface area contributed by atoms with Crippen LogP contribution >= 0.6 is 11.8 Å². The van der Waals surface area contributed by atoms with Gasteiger partial charge < -0.3 is 10.8 Å². The largest absolute Gasteiger partial charge is 0.395 e. The fourth-order valence-corrected chi connectivity index (χ4v) is 3.26. The third-order valence-corrected chi connectivity index (χ3v) is 4.19. The SMILES string of the molecule is CC1CCCC(SCC(N)CO)C1. The summed E-state index contributed by atoms with van der Waals surface area (Å²) in [6.45, 7) is 2.45. The molecule has 1 fully saturated rings. The van der Waals surface area contributed by atoms with Crippen LogP contribution in [0.15, 0.2) is 0 Å². The van der Waals surface area contributed by atoms with Crippen molar-refractivity contribution in [2.24, 2.45) is 11.7 Å². The first-order valence-corrected chi connectivity index (χ1v) is 6.25. The molecular formula is C10H21NOS. The molecule has 3 unspecified atom stereocenters. The molecule has 3 heteroatoms. The average Bonchev–Trinajstić information content (AvgIpc) is 2.14. The van der Waals surface area contributed by atoms with E-state index in [9.17, 15) is 0 Å². The Bertz CT molecular complexity index is 143. The molecule has 0 amide bonds. The van der Waals surface area contributed by atoms with Crippen molar-refractivity contribution in [1.82, 2.24) is 0 Å². The molecule has 2 nitrogen and oxygen atoms in total. The summed E-state index contributed by atoms with van der Waals surface area (Å²) in [6.07, 6.45) is 5.44. The molecule has 0 spiro atoms. The van der Waals surface area contributed by atoms with E-state index < -0.39 is 0 Å². The quantitative estimate of drug-likeness (QED) is 0.730. The highest BCUT2D eigenvalue weighted by Gasteiger charge is 2.19. The van der Waals surface area contributed by atoms with Gasteiger partial charge in [0.2, 0.25) is 0 Å². The maximum absolute atomic E-state index is 8.78. The molecule has 0 aromatic heterocycles. The molecule has 1 saturated carbocycles. The van der Waals surface area contributed by atoms with Crippen molar-refractivity contribution in [2.75, 3.05) is 12.4 Å². The summed E-state index contributed by atoms with van der Waals surface area (Å²) < 4.78 is 0. The molecule has 13 heavy (non-hydrogen) atoms. The molecule has 1 rings (SSSR count). The summed E-state index contributed by atoms with van der Waals surface area (Å²) in [7, 11) is 0.